The van der Waals surface area contributed by atoms with Gasteiger partial charge in [0.1, 0.15) is 24.2 Å². The number of halogens is 1. The molecule has 4 aliphatic heterocycles. The molecule has 3 aromatic rings. The number of hydrogen-bond acceptors (Lipinski definition) is 10. The summed E-state index contributed by atoms with van der Waals surface area (Å²) in [6.07, 6.45) is 10.7. The first-order valence-electron chi connectivity index (χ1n) is 17.2. The van der Waals surface area contributed by atoms with Crippen LogP contribution in [0.15, 0.2) is 37.1 Å². The molecule has 6 heterocycles. The molecule has 1 aliphatic carbocycles. The lowest BCUT2D eigenvalue weighted by Gasteiger charge is -2.55. The van der Waals surface area contributed by atoms with Gasteiger partial charge in [-0.15, -0.1) is 10.2 Å². The second kappa shape index (κ2) is 12.4. The second-order valence-electron chi connectivity index (χ2n) is 14.8. The SMILES string of the molecule is CC(C)C(C1CCN(CC2COC2)CC1)N1CC2(CCN(c3ncnnc3Oc3ccc(F)cc3-c3cncnc3C3CC3)C2)C1. The molecule has 10 nitrogen and oxygen atoms in total. The smallest absolute Gasteiger partial charge is 0.282 e. The van der Waals surface area contributed by atoms with Gasteiger partial charge in [-0.25, -0.2) is 19.3 Å². The lowest BCUT2D eigenvalue weighted by molar-refractivity contribution is -0.0697. The number of rotatable bonds is 10. The van der Waals surface area contributed by atoms with Gasteiger partial charge in [0.05, 0.1) is 18.9 Å². The van der Waals surface area contributed by atoms with Gasteiger partial charge in [0.15, 0.2) is 5.82 Å². The van der Waals surface area contributed by atoms with Gasteiger partial charge in [-0.1, -0.05) is 13.8 Å². The highest BCUT2D eigenvalue weighted by atomic mass is 19.1. The van der Waals surface area contributed by atoms with Gasteiger partial charge in [0.2, 0.25) is 0 Å². The van der Waals surface area contributed by atoms with Crippen molar-refractivity contribution in [1.29, 1.82) is 0 Å². The molecule has 244 valence electrons. The van der Waals surface area contributed by atoms with Crippen molar-refractivity contribution in [2.24, 2.45) is 23.2 Å². The normalized spacial score (nSPS) is 23.1. The van der Waals surface area contributed by atoms with Crippen molar-refractivity contribution in [3.05, 3.63) is 48.6 Å². The number of nitrogens with zero attached hydrogens (tertiary/aromatic N) is 8. The molecular formula is C35H45FN8O2. The van der Waals surface area contributed by atoms with Crippen LogP contribution in [0.1, 0.15) is 57.6 Å². The van der Waals surface area contributed by atoms with Crippen LogP contribution < -0.4 is 9.64 Å². The van der Waals surface area contributed by atoms with Crippen LogP contribution >= 0.6 is 0 Å². The van der Waals surface area contributed by atoms with E-state index in [4.69, 9.17) is 9.47 Å². The fraction of sp³-hybridized carbons (Fsp3) is 0.629. The van der Waals surface area contributed by atoms with Crippen molar-refractivity contribution < 1.29 is 13.9 Å². The first-order chi connectivity index (χ1) is 22.4. The second-order valence-corrected chi connectivity index (χ2v) is 14.8. The molecule has 1 spiro atoms. The molecule has 0 radical (unpaired) electrons. The Bertz CT molecular complexity index is 1530. The fourth-order valence-electron chi connectivity index (χ4n) is 8.57. The Kier molecular flexibility index (Phi) is 8.10. The molecule has 1 saturated carbocycles. The van der Waals surface area contributed by atoms with Crippen molar-refractivity contribution in [1.82, 2.24) is 34.9 Å². The van der Waals surface area contributed by atoms with Crippen LogP contribution in [0.4, 0.5) is 10.2 Å². The van der Waals surface area contributed by atoms with Crippen molar-refractivity contribution in [2.45, 2.75) is 57.9 Å². The Labute approximate surface area is 270 Å². The largest absolute Gasteiger partial charge is 0.434 e. The first kappa shape index (κ1) is 30.1. The van der Waals surface area contributed by atoms with Gasteiger partial charge in [-0.3, -0.25) is 4.90 Å². The van der Waals surface area contributed by atoms with E-state index >= 15 is 0 Å². The average Bonchev–Trinajstić information content (AvgIpc) is 3.78. The lowest BCUT2D eigenvalue weighted by Crippen LogP contribution is -2.64. The van der Waals surface area contributed by atoms with Gasteiger partial charge >= 0.3 is 0 Å². The van der Waals surface area contributed by atoms with Crippen LogP contribution in [0.3, 0.4) is 0 Å². The number of benzene rings is 1. The summed E-state index contributed by atoms with van der Waals surface area (Å²) < 4.78 is 26.4. The topological polar surface area (TPSA) is 92.6 Å². The molecule has 0 bridgehead atoms. The van der Waals surface area contributed by atoms with Crippen LogP contribution in [0.5, 0.6) is 11.6 Å². The van der Waals surface area contributed by atoms with Crippen LogP contribution in [0.25, 0.3) is 11.1 Å². The molecule has 5 fully saturated rings. The Morgan fingerprint density at radius 1 is 1.00 bits per heavy atom. The van der Waals surface area contributed by atoms with E-state index < -0.39 is 0 Å². The molecule has 1 unspecified atom stereocenters. The molecule has 5 aliphatic rings. The maximum Gasteiger partial charge on any atom is 0.282 e. The Hall–Kier alpha value is -3.28. The molecule has 46 heavy (non-hydrogen) atoms. The van der Waals surface area contributed by atoms with E-state index in [9.17, 15) is 4.39 Å². The molecule has 1 aromatic carbocycles. The zero-order valence-electron chi connectivity index (χ0n) is 27.0. The average molecular weight is 629 g/mol. The van der Waals surface area contributed by atoms with Crippen LogP contribution in [0, 0.1) is 29.0 Å². The van der Waals surface area contributed by atoms with Gasteiger partial charge in [-0.2, -0.15) is 0 Å². The third-order valence-electron chi connectivity index (χ3n) is 11.0. The molecule has 1 atom stereocenters. The molecule has 4 saturated heterocycles. The molecule has 8 rings (SSSR count). The van der Waals surface area contributed by atoms with Crippen LogP contribution in [0.2, 0.25) is 0 Å². The summed E-state index contributed by atoms with van der Waals surface area (Å²) in [6, 6.07) is 5.19. The van der Waals surface area contributed by atoms with Crippen molar-refractivity contribution in [3.63, 3.8) is 0 Å². The highest BCUT2D eigenvalue weighted by molar-refractivity contribution is 5.73. The highest BCUT2D eigenvalue weighted by Crippen LogP contribution is 2.48. The zero-order chi connectivity index (χ0) is 31.3. The summed E-state index contributed by atoms with van der Waals surface area (Å²) in [6.45, 7) is 14.4. The van der Waals surface area contributed by atoms with E-state index in [0.717, 1.165) is 81.7 Å². The molecule has 0 amide bonds. The van der Waals surface area contributed by atoms with E-state index in [1.54, 1.807) is 18.6 Å². The van der Waals surface area contributed by atoms with Gasteiger partial charge in [0, 0.05) is 73.3 Å². The fourth-order valence-corrected chi connectivity index (χ4v) is 8.57. The minimum atomic E-state index is -0.338. The van der Waals surface area contributed by atoms with Gasteiger partial charge in [0.25, 0.3) is 5.88 Å². The van der Waals surface area contributed by atoms with Crippen molar-refractivity contribution >= 4 is 5.82 Å². The number of hydrogen-bond donors (Lipinski definition) is 0. The van der Waals surface area contributed by atoms with E-state index in [0.29, 0.717) is 40.9 Å². The Morgan fingerprint density at radius 3 is 2.57 bits per heavy atom. The van der Waals surface area contributed by atoms with Crippen LogP contribution in [-0.4, -0.2) is 100 Å². The summed E-state index contributed by atoms with van der Waals surface area (Å²) in [7, 11) is 0. The molecular weight excluding hydrogens is 583 g/mol. The van der Waals surface area contributed by atoms with E-state index in [1.165, 1.54) is 50.9 Å². The molecule has 0 N–H and O–H groups in total. The van der Waals surface area contributed by atoms with E-state index in [1.807, 2.05) is 0 Å². The lowest BCUT2D eigenvalue weighted by atomic mass is 9.73. The summed E-state index contributed by atoms with van der Waals surface area (Å²) in [5.41, 5.74) is 2.61. The minimum absolute atomic E-state index is 0.252. The monoisotopic (exact) mass is 628 g/mol. The summed E-state index contributed by atoms with van der Waals surface area (Å²) in [5, 5.41) is 8.44. The standard InChI is InChI=1S/C35H45FN8O2/c1-23(2)32(26-7-10-42(11-8-26)15-24-16-45-17-24)44-19-35(20-44)9-12-43(18-35)33-34(41-40-22-39-33)46-30-6-5-27(36)13-28(30)29-14-37-21-38-31(29)25-3-4-25/h5-6,13-14,21-26,32H,3-4,7-12,15-20H2,1-2H3. The predicted octanol–water partition coefficient (Wildman–Crippen LogP) is 5.03. The Balaban J connectivity index is 0.945. The number of aromatic nitrogens is 5. The maximum atomic E-state index is 14.6. The third kappa shape index (κ3) is 5.97. The number of ether oxygens (including phenoxy) is 2. The highest BCUT2D eigenvalue weighted by Gasteiger charge is 2.51. The first-order valence-corrected chi connectivity index (χ1v) is 17.2. The quantitative estimate of drug-likeness (QED) is 0.304. The van der Waals surface area contributed by atoms with Crippen molar-refractivity contribution in [3.8, 4) is 22.8 Å². The molecule has 11 heteroatoms. The maximum absolute atomic E-state index is 14.6. The summed E-state index contributed by atoms with van der Waals surface area (Å²) in [4.78, 5) is 21.2. The molecule has 2 aromatic heterocycles. The van der Waals surface area contributed by atoms with Gasteiger partial charge in [-0.05, 0) is 75.2 Å². The zero-order valence-corrected chi connectivity index (χ0v) is 27.0. The third-order valence-corrected chi connectivity index (χ3v) is 11.0. The summed E-state index contributed by atoms with van der Waals surface area (Å²) in [5.74, 6) is 3.71. The van der Waals surface area contributed by atoms with Crippen molar-refractivity contribution in [2.75, 3.05) is 63.9 Å². The Morgan fingerprint density at radius 2 is 1.83 bits per heavy atom. The summed E-state index contributed by atoms with van der Waals surface area (Å²) >= 11 is 0. The van der Waals surface area contributed by atoms with E-state index in [-0.39, 0.29) is 11.2 Å². The van der Waals surface area contributed by atoms with Crippen LogP contribution in [-0.2, 0) is 4.74 Å². The number of piperidine rings is 1. The number of anilines is 1. The minimum Gasteiger partial charge on any atom is -0.434 e. The predicted molar refractivity (Wildman–Crippen MR) is 172 cm³/mol. The van der Waals surface area contributed by atoms with Gasteiger partial charge < -0.3 is 19.3 Å². The number of likely N-dealkylation sites (tertiary alicyclic amines) is 2. The van der Waals surface area contributed by atoms with E-state index in [2.05, 4.69) is 53.7 Å².